The van der Waals surface area contributed by atoms with Gasteiger partial charge in [0.15, 0.2) is 0 Å². The molecule has 0 radical (unpaired) electrons. The van der Waals surface area contributed by atoms with Crippen LogP contribution in [-0.4, -0.2) is 60.8 Å². The predicted molar refractivity (Wildman–Crippen MR) is 57.0 cm³/mol. The zero-order chi connectivity index (χ0) is 12.0. The minimum atomic E-state index is -0.962. The molecule has 16 heavy (non-hydrogen) atoms. The molecule has 2 N–H and O–H groups in total. The molecule has 1 aliphatic heterocycles. The van der Waals surface area contributed by atoms with Gasteiger partial charge in [-0.3, -0.25) is 14.5 Å². The van der Waals surface area contributed by atoms with Gasteiger partial charge in [-0.1, -0.05) is 6.08 Å². The molecule has 1 atom stereocenters. The Morgan fingerprint density at radius 3 is 3.00 bits per heavy atom. The van der Waals surface area contributed by atoms with Gasteiger partial charge in [0, 0.05) is 13.1 Å². The van der Waals surface area contributed by atoms with Gasteiger partial charge in [-0.2, -0.15) is 0 Å². The molecule has 1 amide bonds. The van der Waals surface area contributed by atoms with Crippen molar-refractivity contribution in [1.29, 1.82) is 0 Å². The van der Waals surface area contributed by atoms with Crippen LogP contribution < -0.4 is 5.32 Å². The zero-order valence-electron chi connectivity index (χ0n) is 9.02. The number of carbonyl (C=O) groups excluding carboxylic acids is 1. The van der Waals surface area contributed by atoms with Crippen molar-refractivity contribution in [3.63, 3.8) is 0 Å². The molecule has 0 aromatic rings. The lowest BCUT2D eigenvalue weighted by atomic mass is 10.2. The number of aliphatic carboxylic acids is 1. The number of carbonyl (C=O) groups is 2. The van der Waals surface area contributed by atoms with Crippen LogP contribution in [0, 0.1) is 0 Å². The van der Waals surface area contributed by atoms with Crippen molar-refractivity contribution < 1.29 is 19.4 Å². The van der Waals surface area contributed by atoms with Gasteiger partial charge in [-0.05, 0) is 0 Å². The molecule has 0 saturated carbocycles. The van der Waals surface area contributed by atoms with Gasteiger partial charge in [0.05, 0.1) is 19.8 Å². The summed E-state index contributed by atoms with van der Waals surface area (Å²) in [5.41, 5.74) is 0. The van der Waals surface area contributed by atoms with E-state index >= 15 is 0 Å². The summed E-state index contributed by atoms with van der Waals surface area (Å²) >= 11 is 0. The van der Waals surface area contributed by atoms with E-state index in [-0.39, 0.29) is 19.1 Å². The summed E-state index contributed by atoms with van der Waals surface area (Å²) in [6.45, 7) is 4.99. The Morgan fingerprint density at radius 2 is 2.38 bits per heavy atom. The Morgan fingerprint density at radius 1 is 1.62 bits per heavy atom. The molecule has 1 saturated heterocycles. The van der Waals surface area contributed by atoms with Crippen molar-refractivity contribution in [2.75, 3.05) is 32.8 Å². The second-order valence-corrected chi connectivity index (χ2v) is 3.49. The molecular weight excluding hydrogens is 212 g/mol. The fourth-order valence-corrected chi connectivity index (χ4v) is 1.48. The van der Waals surface area contributed by atoms with E-state index < -0.39 is 12.0 Å². The lowest BCUT2D eigenvalue weighted by molar-refractivity contribution is -0.150. The van der Waals surface area contributed by atoms with Crippen LogP contribution in [0.25, 0.3) is 0 Å². The quantitative estimate of drug-likeness (QED) is 0.595. The average molecular weight is 228 g/mol. The van der Waals surface area contributed by atoms with E-state index in [9.17, 15) is 9.59 Å². The number of amides is 1. The first-order valence-electron chi connectivity index (χ1n) is 5.07. The third-order valence-electron chi connectivity index (χ3n) is 2.31. The molecule has 0 spiro atoms. The first kappa shape index (κ1) is 12.7. The maximum absolute atomic E-state index is 11.4. The summed E-state index contributed by atoms with van der Waals surface area (Å²) in [5, 5.41) is 11.5. The third-order valence-corrected chi connectivity index (χ3v) is 2.31. The van der Waals surface area contributed by atoms with Gasteiger partial charge in [0.1, 0.15) is 6.04 Å². The molecule has 1 fully saturated rings. The van der Waals surface area contributed by atoms with Crippen molar-refractivity contribution in [3.8, 4) is 0 Å². The van der Waals surface area contributed by atoms with Gasteiger partial charge >= 0.3 is 5.97 Å². The van der Waals surface area contributed by atoms with Crippen molar-refractivity contribution in [2.24, 2.45) is 0 Å². The van der Waals surface area contributed by atoms with Crippen molar-refractivity contribution in [2.45, 2.75) is 6.04 Å². The van der Waals surface area contributed by atoms with Crippen molar-refractivity contribution in [3.05, 3.63) is 12.7 Å². The van der Waals surface area contributed by atoms with Gasteiger partial charge in [-0.25, -0.2) is 0 Å². The van der Waals surface area contributed by atoms with Crippen LogP contribution >= 0.6 is 0 Å². The Bertz CT molecular complexity index is 280. The van der Waals surface area contributed by atoms with Gasteiger partial charge in [-0.15, -0.1) is 6.58 Å². The standard InChI is InChI=1S/C10H16N2O4/c1-2-3-11-9(13)6-12-4-5-16-7-8(12)10(14)15/h2,8H,1,3-7H2,(H,11,13)(H,14,15). The number of rotatable bonds is 5. The van der Waals surface area contributed by atoms with E-state index in [2.05, 4.69) is 11.9 Å². The normalized spacial score (nSPS) is 21.4. The Hall–Kier alpha value is -1.40. The highest BCUT2D eigenvalue weighted by atomic mass is 16.5. The summed E-state index contributed by atoms with van der Waals surface area (Å²) in [7, 11) is 0. The lowest BCUT2D eigenvalue weighted by Gasteiger charge is -2.31. The van der Waals surface area contributed by atoms with Crippen LogP contribution in [-0.2, 0) is 14.3 Å². The number of morpholine rings is 1. The predicted octanol–water partition coefficient (Wildman–Crippen LogP) is -0.926. The van der Waals surface area contributed by atoms with Crippen LogP contribution in [0.4, 0.5) is 0 Å². The first-order valence-corrected chi connectivity index (χ1v) is 5.07. The molecule has 0 aliphatic carbocycles. The highest BCUT2D eigenvalue weighted by Crippen LogP contribution is 2.06. The summed E-state index contributed by atoms with van der Waals surface area (Å²) in [6.07, 6.45) is 1.58. The Labute approximate surface area is 93.9 Å². The largest absolute Gasteiger partial charge is 0.480 e. The minimum Gasteiger partial charge on any atom is -0.480 e. The lowest BCUT2D eigenvalue weighted by Crippen LogP contribution is -2.53. The number of nitrogens with zero attached hydrogens (tertiary/aromatic N) is 1. The molecule has 0 aromatic heterocycles. The van der Waals surface area contributed by atoms with E-state index in [1.54, 1.807) is 11.0 Å². The third kappa shape index (κ3) is 3.63. The molecular formula is C10H16N2O4. The molecule has 0 bridgehead atoms. The van der Waals surface area contributed by atoms with Crippen molar-refractivity contribution >= 4 is 11.9 Å². The summed E-state index contributed by atoms with van der Waals surface area (Å²) in [6, 6.07) is -0.733. The molecule has 6 heteroatoms. The van der Waals surface area contributed by atoms with Crippen molar-refractivity contribution in [1.82, 2.24) is 10.2 Å². The number of carboxylic acids is 1. The Balaban J connectivity index is 2.46. The maximum atomic E-state index is 11.4. The van der Waals surface area contributed by atoms with Gasteiger partial charge in [0.2, 0.25) is 5.91 Å². The molecule has 0 aromatic carbocycles. The SMILES string of the molecule is C=CCNC(=O)CN1CCOCC1C(=O)O. The van der Waals surface area contributed by atoms with Crippen LogP contribution in [0.2, 0.25) is 0 Å². The van der Waals surface area contributed by atoms with Crippen LogP contribution in [0.15, 0.2) is 12.7 Å². The average Bonchev–Trinajstić information content (AvgIpc) is 2.27. The molecule has 90 valence electrons. The highest BCUT2D eigenvalue weighted by molar-refractivity contribution is 5.80. The van der Waals surface area contributed by atoms with E-state index in [0.717, 1.165) is 0 Å². The Kier molecular flexibility index (Phi) is 4.94. The van der Waals surface area contributed by atoms with Gasteiger partial charge < -0.3 is 15.2 Å². The number of ether oxygens (including phenoxy) is 1. The number of hydrogen-bond acceptors (Lipinski definition) is 4. The van der Waals surface area contributed by atoms with Crippen LogP contribution in [0.3, 0.4) is 0 Å². The maximum Gasteiger partial charge on any atom is 0.323 e. The van der Waals surface area contributed by atoms with E-state index in [0.29, 0.717) is 19.7 Å². The van der Waals surface area contributed by atoms with Crippen LogP contribution in [0.1, 0.15) is 0 Å². The number of hydrogen-bond donors (Lipinski definition) is 2. The molecule has 6 nitrogen and oxygen atoms in total. The zero-order valence-corrected chi connectivity index (χ0v) is 9.02. The molecule has 1 heterocycles. The minimum absolute atomic E-state index is 0.0775. The van der Waals surface area contributed by atoms with Crippen LogP contribution in [0.5, 0.6) is 0 Å². The molecule has 1 aliphatic rings. The number of nitrogens with one attached hydrogen (secondary N) is 1. The number of carboxylic acid groups (broad SMARTS) is 1. The van der Waals surface area contributed by atoms with E-state index in [1.807, 2.05) is 0 Å². The molecule has 1 unspecified atom stereocenters. The fraction of sp³-hybridized carbons (Fsp3) is 0.600. The van der Waals surface area contributed by atoms with E-state index in [1.165, 1.54) is 0 Å². The molecule has 1 rings (SSSR count). The highest BCUT2D eigenvalue weighted by Gasteiger charge is 2.30. The second kappa shape index (κ2) is 6.24. The van der Waals surface area contributed by atoms with E-state index in [4.69, 9.17) is 9.84 Å². The smallest absolute Gasteiger partial charge is 0.323 e. The fourth-order valence-electron chi connectivity index (χ4n) is 1.48. The summed E-state index contributed by atoms with van der Waals surface area (Å²) < 4.78 is 5.07. The second-order valence-electron chi connectivity index (χ2n) is 3.49. The first-order chi connectivity index (χ1) is 7.65. The topological polar surface area (TPSA) is 78.9 Å². The summed E-state index contributed by atoms with van der Waals surface area (Å²) in [4.78, 5) is 23.9. The summed E-state index contributed by atoms with van der Waals surface area (Å²) in [5.74, 6) is -1.16. The van der Waals surface area contributed by atoms with Gasteiger partial charge in [0.25, 0.3) is 0 Å². The monoisotopic (exact) mass is 228 g/mol.